The van der Waals surface area contributed by atoms with E-state index in [-0.39, 0.29) is 6.03 Å². The Kier molecular flexibility index (Phi) is 5.41. The smallest absolute Gasteiger partial charge is 0.317 e. The number of nitrogens with one attached hydrogen (secondary N) is 2. The van der Waals surface area contributed by atoms with Gasteiger partial charge < -0.3 is 14.8 Å². The average molecular weight is 378 g/mol. The summed E-state index contributed by atoms with van der Waals surface area (Å²) in [6.07, 6.45) is 6.35. The molecule has 1 saturated heterocycles. The van der Waals surface area contributed by atoms with Crippen LogP contribution in [0.25, 0.3) is 0 Å². The molecule has 0 bridgehead atoms. The van der Waals surface area contributed by atoms with Crippen LogP contribution >= 0.6 is 0 Å². The van der Waals surface area contributed by atoms with E-state index in [2.05, 4.69) is 50.8 Å². The molecular formula is C21H26N6O. The van der Waals surface area contributed by atoms with E-state index < -0.39 is 0 Å². The van der Waals surface area contributed by atoms with Gasteiger partial charge in [-0.3, -0.25) is 5.10 Å². The molecule has 2 aromatic heterocycles. The largest absolute Gasteiger partial charge is 0.337 e. The quantitative estimate of drug-likeness (QED) is 0.717. The van der Waals surface area contributed by atoms with Crippen LogP contribution in [0, 0.1) is 0 Å². The van der Waals surface area contributed by atoms with Gasteiger partial charge in [0.05, 0.1) is 12.2 Å². The molecule has 7 nitrogen and oxygen atoms in total. The number of rotatable bonds is 5. The number of nitrogens with zero attached hydrogens (tertiary/aromatic N) is 4. The van der Waals surface area contributed by atoms with E-state index in [0.717, 1.165) is 49.6 Å². The summed E-state index contributed by atoms with van der Waals surface area (Å²) in [6, 6.07) is 12.6. The molecule has 7 heteroatoms. The van der Waals surface area contributed by atoms with Crippen molar-refractivity contribution in [3.05, 3.63) is 71.6 Å². The first-order valence-corrected chi connectivity index (χ1v) is 9.76. The zero-order valence-corrected chi connectivity index (χ0v) is 16.1. The fourth-order valence-electron chi connectivity index (χ4n) is 3.71. The molecule has 0 atom stereocenters. The lowest BCUT2D eigenvalue weighted by atomic mass is 9.93. The number of aryl methyl sites for hydroxylation is 1. The number of benzene rings is 1. The molecule has 3 aromatic rings. The van der Waals surface area contributed by atoms with Crippen LogP contribution in [-0.4, -0.2) is 43.8 Å². The van der Waals surface area contributed by atoms with E-state index in [1.807, 2.05) is 28.8 Å². The van der Waals surface area contributed by atoms with Crippen molar-refractivity contribution in [3.8, 4) is 0 Å². The number of H-pyrrole nitrogens is 1. The second-order valence-electron chi connectivity index (χ2n) is 7.35. The van der Waals surface area contributed by atoms with Crippen molar-refractivity contribution < 1.29 is 4.79 Å². The number of urea groups is 1. The van der Waals surface area contributed by atoms with Crippen molar-refractivity contribution in [3.63, 3.8) is 0 Å². The topological polar surface area (TPSA) is 78.8 Å². The van der Waals surface area contributed by atoms with Crippen LogP contribution in [0.5, 0.6) is 0 Å². The molecular weight excluding hydrogens is 352 g/mol. The molecule has 1 fully saturated rings. The van der Waals surface area contributed by atoms with Gasteiger partial charge in [0.25, 0.3) is 0 Å². The first-order valence-electron chi connectivity index (χ1n) is 9.76. The summed E-state index contributed by atoms with van der Waals surface area (Å²) in [5.74, 6) is 1.25. The van der Waals surface area contributed by atoms with E-state index in [1.165, 1.54) is 5.56 Å². The Morgan fingerprint density at radius 3 is 2.75 bits per heavy atom. The molecule has 4 rings (SSSR count). The van der Waals surface area contributed by atoms with Crippen LogP contribution in [0.1, 0.15) is 41.5 Å². The van der Waals surface area contributed by atoms with Crippen molar-refractivity contribution in [2.45, 2.75) is 31.7 Å². The zero-order chi connectivity index (χ0) is 19.3. The molecule has 0 radical (unpaired) electrons. The zero-order valence-electron chi connectivity index (χ0n) is 16.1. The molecule has 0 unspecified atom stereocenters. The highest BCUT2D eigenvalue weighted by Crippen LogP contribution is 2.27. The van der Waals surface area contributed by atoms with Gasteiger partial charge in [-0.15, -0.1) is 0 Å². The van der Waals surface area contributed by atoms with Crippen molar-refractivity contribution in [2.75, 3.05) is 13.1 Å². The number of carbonyl (C=O) groups excluding carboxylic acids is 1. The van der Waals surface area contributed by atoms with Crippen LogP contribution in [0.3, 0.4) is 0 Å². The van der Waals surface area contributed by atoms with Crippen molar-refractivity contribution >= 4 is 6.03 Å². The summed E-state index contributed by atoms with van der Waals surface area (Å²) in [4.78, 5) is 18.5. The molecule has 2 amide bonds. The molecule has 1 aliphatic rings. The minimum absolute atomic E-state index is 0.0201. The molecule has 3 heterocycles. The van der Waals surface area contributed by atoms with E-state index >= 15 is 0 Å². The van der Waals surface area contributed by atoms with Crippen LogP contribution < -0.4 is 5.32 Å². The third-order valence-electron chi connectivity index (χ3n) is 5.41. The molecule has 0 aliphatic carbocycles. The lowest BCUT2D eigenvalue weighted by Crippen LogP contribution is -2.44. The number of amides is 2. The second kappa shape index (κ2) is 8.29. The monoisotopic (exact) mass is 378 g/mol. The van der Waals surface area contributed by atoms with Gasteiger partial charge >= 0.3 is 6.03 Å². The number of likely N-dealkylation sites (tertiary alicyclic amines) is 1. The predicted molar refractivity (Wildman–Crippen MR) is 107 cm³/mol. The molecule has 2 N–H and O–H groups in total. The van der Waals surface area contributed by atoms with Gasteiger partial charge in [0.15, 0.2) is 0 Å². The molecule has 146 valence electrons. The van der Waals surface area contributed by atoms with Gasteiger partial charge in [0.1, 0.15) is 5.82 Å². The lowest BCUT2D eigenvalue weighted by molar-refractivity contribution is 0.180. The van der Waals surface area contributed by atoms with E-state index in [9.17, 15) is 4.79 Å². The SMILES string of the molecule is Cn1ccnc1CNC(=O)N1CCC(c2cc(Cc3ccccc3)[nH]n2)CC1. The summed E-state index contributed by atoms with van der Waals surface area (Å²) in [7, 11) is 1.93. The summed E-state index contributed by atoms with van der Waals surface area (Å²) >= 11 is 0. The van der Waals surface area contributed by atoms with E-state index in [0.29, 0.717) is 12.5 Å². The number of hydrogen-bond donors (Lipinski definition) is 2. The predicted octanol–water partition coefficient (Wildman–Crippen LogP) is 2.82. The van der Waals surface area contributed by atoms with Crippen molar-refractivity contribution in [2.24, 2.45) is 7.05 Å². The van der Waals surface area contributed by atoms with Crippen LogP contribution in [0.2, 0.25) is 0 Å². The first-order chi connectivity index (χ1) is 13.7. The molecule has 28 heavy (non-hydrogen) atoms. The van der Waals surface area contributed by atoms with Gasteiger partial charge in [-0.1, -0.05) is 30.3 Å². The summed E-state index contributed by atoms with van der Waals surface area (Å²) < 4.78 is 1.91. The molecule has 0 spiro atoms. The van der Waals surface area contributed by atoms with Gasteiger partial charge in [-0.2, -0.15) is 5.10 Å². The third-order valence-corrected chi connectivity index (χ3v) is 5.41. The lowest BCUT2D eigenvalue weighted by Gasteiger charge is -2.31. The highest BCUT2D eigenvalue weighted by molar-refractivity contribution is 5.74. The van der Waals surface area contributed by atoms with Gasteiger partial charge in [-0.25, -0.2) is 9.78 Å². The fraction of sp³-hybridized carbons (Fsp3) is 0.381. The fourth-order valence-corrected chi connectivity index (χ4v) is 3.71. The van der Waals surface area contributed by atoms with Crippen LogP contribution in [0.4, 0.5) is 4.79 Å². The maximum atomic E-state index is 12.4. The summed E-state index contributed by atoms with van der Waals surface area (Å²) in [6.45, 7) is 1.94. The maximum absolute atomic E-state index is 12.4. The maximum Gasteiger partial charge on any atom is 0.317 e. The minimum atomic E-state index is -0.0201. The van der Waals surface area contributed by atoms with Gasteiger partial charge in [0.2, 0.25) is 0 Å². The normalized spacial score (nSPS) is 15.0. The Bertz CT molecular complexity index is 908. The number of imidazole rings is 1. The molecule has 0 saturated carbocycles. The Hall–Kier alpha value is -3.09. The number of piperidine rings is 1. The number of aromatic nitrogens is 4. The average Bonchev–Trinajstić information content (AvgIpc) is 3.36. The number of aromatic amines is 1. The summed E-state index contributed by atoms with van der Waals surface area (Å²) in [5, 5.41) is 10.7. The Labute approximate surface area is 164 Å². The van der Waals surface area contributed by atoms with Gasteiger partial charge in [-0.05, 0) is 24.5 Å². The number of hydrogen-bond acceptors (Lipinski definition) is 3. The second-order valence-corrected chi connectivity index (χ2v) is 7.35. The number of carbonyl (C=O) groups is 1. The summed E-state index contributed by atoms with van der Waals surface area (Å²) in [5.41, 5.74) is 3.52. The molecule has 1 aliphatic heterocycles. The van der Waals surface area contributed by atoms with E-state index in [4.69, 9.17) is 0 Å². The molecule has 1 aromatic carbocycles. The highest BCUT2D eigenvalue weighted by atomic mass is 16.2. The minimum Gasteiger partial charge on any atom is -0.337 e. The Morgan fingerprint density at radius 1 is 1.25 bits per heavy atom. The standard InChI is InChI=1S/C21H26N6O/c1-26-12-9-22-20(26)15-23-21(28)27-10-7-17(8-11-27)19-14-18(24-25-19)13-16-5-3-2-4-6-16/h2-6,9,12,14,17H,7-8,10-11,13,15H2,1H3,(H,23,28)(H,24,25). The highest BCUT2D eigenvalue weighted by Gasteiger charge is 2.25. The van der Waals surface area contributed by atoms with Crippen molar-refractivity contribution in [1.82, 2.24) is 30.0 Å². The Morgan fingerprint density at radius 2 is 2.04 bits per heavy atom. The Balaban J connectivity index is 1.27. The first kappa shape index (κ1) is 18.3. The van der Waals surface area contributed by atoms with Crippen LogP contribution in [-0.2, 0) is 20.0 Å². The van der Waals surface area contributed by atoms with Crippen molar-refractivity contribution in [1.29, 1.82) is 0 Å². The third kappa shape index (κ3) is 4.24. The van der Waals surface area contributed by atoms with E-state index in [1.54, 1.807) is 6.20 Å². The van der Waals surface area contributed by atoms with Gasteiger partial charge in [0, 0.05) is 50.6 Å². The van der Waals surface area contributed by atoms with Crippen LogP contribution in [0.15, 0.2) is 48.8 Å².